The molecule has 1 aromatic rings. The molecule has 0 spiro atoms. The molecule has 0 saturated carbocycles. The summed E-state index contributed by atoms with van der Waals surface area (Å²) in [5.74, 6) is -0.158. The summed E-state index contributed by atoms with van der Waals surface area (Å²) in [5, 5.41) is 9.46. The Morgan fingerprint density at radius 1 is 1.24 bits per heavy atom. The zero-order chi connectivity index (χ0) is 18.8. The molecule has 25 heavy (non-hydrogen) atoms. The molecule has 4 nitrogen and oxygen atoms in total. The molecule has 2 rings (SSSR count). The minimum Gasteiger partial charge on any atom is -0.480 e. The van der Waals surface area contributed by atoms with Gasteiger partial charge >= 0.3 is 5.97 Å². The average Bonchev–Trinajstić information content (AvgIpc) is 2.96. The first-order valence-corrected chi connectivity index (χ1v) is 11.5. The Labute approximate surface area is 153 Å². The summed E-state index contributed by atoms with van der Waals surface area (Å²) in [6, 6.07) is 10.0. The largest absolute Gasteiger partial charge is 0.480 e. The summed E-state index contributed by atoms with van der Waals surface area (Å²) in [7, 11) is -0.845. The molecular weight excluding hydrogens is 330 g/mol. The Balaban J connectivity index is 2.37. The van der Waals surface area contributed by atoms with Crippen LogP contribution in [0.3, 0.4) is 0 Å². The minimum absolute atomic E-state index is 0.0160. The van der Waals surface area contributed by atoms with Crippen LogP contribution in [-0.2, 0) is 9.22 Å². The van der Waals surface area contributed by atoms with Gasteiger partial charge < -0.3 is 9.53 Å². The van der Waals surface area contributed by atoms with Crippen LogP contribution in [0.5, 0.6) is 0 Å². The maximum atomic E-state index is 11.5. The zero-order valence-electron chi connectivity index (χ0n) is 16.3. The summed E-state index contributed by atoms with van der Waals surface area (Å²) in [4.78, 5) is 13.6. The molecule has 1 saturated heterocycles. The van der Waals surface area contributed by atoms with Gasteiger partial charge in [0.1, 0.15) is 6.04 Å². The Kier molecular flexibility index (Phi) is 6.46. The van der Waals surface area contributed by atoms with E-state index in [2.05, 4.69) is 63.0 Å². The standard InChI is InChI=1S/C20H32NO3Si/c1-14(19(22)23)21-12-16(15-10-8-7-9-11-15)17(13-21)18(20(2,3)4)24-25(5)6/h7-11,14,16-18H,12-13H2,1-6H3,(H,22,23)/t14-,16-,17+,18?/m1/s1. The summed E-state index contributed by atoms with van der Waals surface area (Å²) in [6.07, 6.45) is 0.118. The van der Waals surface area contributed by atoms with Crippen molar-refractivity contribution in [3.63, 3.8) is 0 Å². The van der Waals surface area contributed by atoms with E-state index < -0.39 is 21.1 Å². The third-order valence-electron chi connectivity index (χ3n) is 5.13. The lowest BCUT2D eigenvalue weighted by molar-refractivity contribution is -0.142. The van der Waals surface area contributed by atoms with Gasteiger partial charge in [0.05, 0.1) is 6.10 Å². The van der Waals surface area contributed by atoms with E-state index in [4.69, 9.17) is 4.43 Å². The van der Waals surface area contributed by atoms with Crippen molar-refractivity contribution in [1.29, 1.82) is 0 Å². The molecule has 1 aromatic carbocycles. The number of rotatable bonds is 6. The summed E-state index contributed by atoms with van der Waals surface area (Å²) in [6.45, 7) is 14.4. The third-order valence-corrected chi connectivity index (χ3v) is 5.86. The number of carboxylic acid groups (broad SMARTS) is 1. The minimum atomic E-state index is -0.845. The predicted molar refractivity (Wildman–Crippen MR) is 103 cm³/mol. The van der Waals surface area contributed by atoms with E-state index in [0.717, 1.165) is 13.1 Å². The number of carbonyl (C=O) groups is 1. The zero-order valence-corrected chi connectivity index (χ0v) is 17.3. The molecule has 0 amide bonds. The van der Waals surface area contributed by atoms with E-state index in [9.17, 15) is 9.90 Å². The molecular formula is C20H32NO3Si. The molecule has 1 aliphatic heterocycles. The van der Waals surface area contributed by atoms with E-state index >= 15 is 0 Å². The van der Waals surface area contributed by atoms with Crippen molar-refractivity contribution in [2.45, 2.75) is 58.9 Å². The summed E-state index contributed by atoms with van der Waals surface area (Å²) >= 11 is 0. The highest BCUT2D eigenvalue weighted by Crippen LogP contribution is 2.42. The molecule has 1 unspecified atom stereocenters. The normalized spacial score (nSPS) is 24.4. The lowest BCUT2D eigenvalue weighted by Gasteiger charge is -2.39. The van der Waals surface area contributed by atoms with Crippen molar-refractivity contribution >= 4 is 15.0 Å². The Bertz CT molecular complexity index is 570. The molecule has 1 fully saturated rings. The second-order valence-electron chi connectivity index (χ2n) is 8.46. The van der Waals surface area contributed by atoms with Crippen molar-refractivity contribution in [3.05, 3.63) is 35.9 Å². The first-order valence-electron chi connectivity index (χ1n) is 9.10. The number of aliphatic carboxylic acids is 1. The molecule has 0 bridgehead atoms. The van der Waals surface area contributed by atoms with Crippen LogP contribution in [0.2, 0.25) is 13.1 Å². The van der Waals surface area contributed by atoms with Crippen LogP contribution in [0.25, 0.3) is 0 Å². The Morgan fingerprint density at radius 3 is 2.32 bits per heavy atom. The number of nitrogens with zero attached hydrogens (tertiary/aromatic N) is 1. The van der Waals surface area contributed by atoms with Gasteiger partial charge in [-0.15, -0.1) is 0 Å². The SMILES string of the molecule is C[C@H](C(=O)O)N1C[C@H](c2ccccc2)[C@@H](C(O[Si](C)C)C(C)(C)C)C1. The second-order valence-corrected chi connectivity index (χ2v) is 10.5. The van der Waals surface area contributed by atoms with Crippen LogP contribution in [0.15, 0.2) is 30.3 Å². The Hall–Kier alpha value is -1.17. The lowest BCUT2D eigenvalue weighted by atomic mass is 9.75. The van der Waals surface area contributed by atoms with E-state index in [1.165, 1.54) is 5.56 Å². The van der Waals surface area contributed by atoms with Crippen LogP contribution in [0, 0.1) is 11.3 Å². The number of likely N-dealkylation sites (tertiary alicyclic amines) is 1. The molecule has 1 heterocycles. The van der Waals surface area contributed by atoms with Crippen molar-refractivity contribution in [1.82, 2.24) is 4.90 Å². The molecule has 5 heteroatoms. The van der Waals surface area contributed by atoms with Gasteiger partial charge in [-0.3, -0.25) is 9.69 Å². The van der Waals surface area contributed by atoms with E-state index in [1.807, 2.05) is 6.07 Å². The molecule has 139 valence electrons. The fourth-order valence-corrected chi connectivity index (χ4v) is 4.89. The maximum Gasteiger partial charge on any atom is 0.320 e. The van der Waals surface area contributed by atoms with Crippen molar-refractivity contribution in [2.24, 2.45) is 11.3 Å². The van der Waals surface area contributed by atoms with Gasteiger partial charge in [0, 0.05) is 24.9 Å². The van der Waals surface area contributed by atoms with Gasteiger partial charge in [-0.05, 0) is 31.0 Å². The molecule has 0 aliphatic carbocycles. The fourth-order valence-electron chi connectivity index (χ4n) is 3.85. The smallest absolute Gasteiger partial charge is 0.320 e. The van der Waals surface area contributed by atoms with Crippen LogP contribution in [-0.4, -0.2) is 50.3 Å². The van der Waals surface area contributed by atoms with Gasteiger partial charge in [0.15, 0.2) is 0 Å². The van der Waals surface area contributed by atoms with Crippen molar-refractivity contribution in [2.75, 3.05) is 13.1 Å². The first kappa shape index (κ1) is 20.1. The molecule has 1 N–H and O–H groups in total. The fraction of sp³-hybridized carbons (Fsp3) is 0.650. The van der Waals surface area contributed by atoms with Crippen LogP contribution in [0.4, 0.5) is 0 Å². The van der Waals surface area contributed by atoms with Gasteiger partial charge in [-0.2, -0.15) is 0 Å². The molecule has 1 aliphatic rings. The highest BCUT2D eigenvalue weighted by Gasteiger charge is 2.45. The van der Waals surface area contributed by atoms with Gasteiger partial charge in [-0.25, -0.2) is 0 Å². The summed E-state index contributed by atoms with van der Waals surface area (Å²) in [5.41, 5.74) is 1.30. The predicted octanol–water partition coefficient (Wildman–Crippen LogP) is 3.86. The monoisotopic (exact) mass is 362 g/mol. The number of hydrogen-bond donors (Lipinski definition) is 1. The highest BCUT2D eigenvalue weighted by molar-refractivity contribution is 6.48. The quantitative estimate of drug-likeness (QED) is 0.781. The van der Waals surface area contributed by atoms with Gasteiger partial charge in [0.25, 0.3) is 0 Å². The van der Waals surface area contributed by atoms with Gasteiger partial charge in [-0.1, -0.05) is 51.1 Å². The number of benzene rings is 1. The molecule has 0 aromatic heterocycles. The average molecular weight is 363 g/mol. The van der Waals surface area contributed by atoms with Crippen molar-refractivity contribution < 1.29 is 14.3 Å². The Morgan fingerprint density at radius 2 is 1.84 bits per heavy atom. The summed E-state index contributed by atoms with van der Waals surface area (Å²) < 4.78 is 6.47. The van der Waals surface area contributed by atoms with Crippen LogP contribution < -0.4 is 0 Å². The maximum absolute atomic E-state index is 11.5. The van der Waals surface area contributed by atoms with E-state index in [0.29, 0.717) is 11.8 Å². The second kappa shape index (κ2) is 8.02. The van der Waals surface area contributed by atoms with Gasteiger partial charge in [0.2, 0.25) is 9.04 Å². The molecule has 4 atom stereocenters. The topological polar surface area (TPSA) is 49.8 Å². The van der Waals surface area contributed by atoms with E-state index in [-0.39, 0.29) is 11.5 Å². The van der Waals surface area contributed by atoms with Crippen LogP contribution >= 0.6 is 0 Å². The van der Waals surface area contributed by atoms with Crippen LogP contribution in [0.1, 0.15) is 39.2 Å². The lowest BCUT2D eigenvalue weighted by Crippen LogP contribution is -2.43. The number of hydrogen-bond acceptors (Lipinski definition) is 3. The van der Waals surface area contributed by atoms with E-state index in [1.54, 1.807) is 6.92 Å². The number of carboxylic acids is 1. The first-order chi connectivity index (χ1) is 11.6. The highest BCUT2D eigenvalue weighted by atomic mass is 28.3. The van der Waals surface area contributed by atoms with Crippen molar-refractivity contribution in [3.8, 4) is 0 Å². The molecule has 1 radical (unpaired) electrons. The third kappa shape index (κ3) is 4.93.